The highest BCUT2D eigenvalue weighted by molar-refractivity contribution is 7.92. The summed E-state index contributed by atoms with van der Waals surface area (Å²) >= 11 is 6.04. The molecular weight excluding hydrogens is 367 g/mol. The third-order valence-corrected chi connectivity index (χ3v) is 4.90. The van der Waals surface area contributed by atoms with Gasteiger partial charge in [-0.3, -0.25) is 9.10 Å². The normalized spacial score (nSPS) is 11.2. The predicted octanol–water partition coefficient (Wildman–Crippen LogP) is 2.60. The van der Waals surface area contributed by atoms with Gasteiger partial charge in [-0.1, -0.05) is 35.9 Å². The minimum Gasteiger partial charge on any atom is -0.354 e. The number of hydrogen-bond acceptors (Lipinski definition) is 3. The van der Waals surface area contributed by atoms with Crippen molar-refractivity contribution in [1.82, 2.24) is 5.32 Å². The summed E-state index contributed by atoms with van der Waals surface area (Å²) in [6, 6.07) is 12.4. The fourth-order valence-corrected chi connectivity index (χ4v) is 3.37. The number of nitrogens with one attached hydrogen (secondary N) is 1. The molecule has 0 spiro atoms. The Bertz CT molecular complexity index is 841. The van der Waals surface area contributed by atoms with Crippen LogP contribution in [0.25, 0.3) is 0 Å². The molecule has 25 heavy (non-hydrogen) atoms. The van der Waals surface area contributed by atoms with Gasteiger partial charge in [0.15, 0.2) is 0 Å². The number of carbonyl (C=O) groups is 1. The number of rotatable bonds is 7. The van der Waals surface area contributed by atoms with Crippen LogP contribution in [0.15, 0.2) is 48.5 Å². The van der Waals surface area contributed by atoms with E-state index in [0.717, 1.165) is 16.1 Å². The van der Waals surface area contributed by atoms with E-state index in [9.17, 15) is 17.6 Å². The number of halogens is 2. The van der Waals surface area contributed by atoms with Gasteiger partial charge in [-0.25, -0.2) is 12.8 Å². The Labute approximate surface area is 151 Å². The zero-order valence-corrected chi connectivity index (χ0v) is 15.1. The van der Waals surface area contributed by atoms with E-state index in [1.54, 1.807) is 30.3 Å². The monoisotopic (exact) mass is 384 g/mol. The summed E-state index contributed by atoms with van der Waals surface area (Å²) in [4.78, 5) is 12.1. The van der Waals surface area contributed by atoms with E-state index in [1.807, 2.05) is 0 Å². The summed E-state index contributed by atoms with van der Waals surface area (Å²) in [5.74, 6) is -0.774. The summed E-state index contributed by atoms with van der Waals surface area (Å²) in [5.41, 5.74) is 1.12. The highest BCUT2D eigenvalue weighted by Gasteiger charge is 2.22. The highest BCUT2D eigenvalue weighted by Crippen LogP contribution is 2.26. The van der Waals surface area contributed by atoms with Crippen LogP contribution in [0.2, 0.25) is 5.02 Å². The molecule has 0 radical (unpaired) electrons. The van der Waals surface area contributed by atoms with Gasteiger partial charge in [-0.15, -0.1) is 0 Å². The molecule has 2 rings (SSSR count). The quantitative estimate of drug-likeness (QED) is 0.798. The summed E-state index contributed by atoms with van der Waals surface area (Å²) in [7, 11) is -3.67. The molecule has 0 aliphatic heterocycles. The van der Waals surface area contributed by atoms with E-state index in [4.69, 9.17) is 11.6 Å². The zero-order chi connectivity index (χ0) is 18.4. The minimum absolute atomic E-state index is 0.243. The predicted molar refractivity (Wildman–Crippen MR) is 96.8 cm³/mol. The number of benzene rings is 2. The van der Waals surface area contributed by atoms with Gasteiger partial charge in [0, 0.05) is 6.54 Å². The van der Waals surface area contributed by atoms with Crippen LogP contribution in [0.5, 0.6) is 0 Å². The number of hydrogen-bond donors (Lipinski definition) is 1. The Morgan fingerprint density at radius 2 is 1.80 bits per heavy atom. The molecule has 0 heterocycles. The summed E-state index contributed by atoms with van der Waals surface area (Å²) in [5, 5.41) is 2.90. The van der Waals surface area contributed by atoms with Gasteiger partial charge in [-0.05, 0) is 36.2 Å². The van der Waals surface area contributed by atoms with Crippen LogP contribution in [-0.4, -0.2) is 33.7 Å². The van der Waals surface area contributed by atoms with Crippen LogP contribution < -0.4 is 9.62 Å². The van der Waals surface area contributed by atoms with Crippen LogP contribution in [0, 0.1) is 5.82 Å². The molecule has 0 unspecified atom stereocenters. The number of amides is 1. The van der Waals surface area contributed by atoms with Gasteiger partial charge in [0.05, 0.1) is 17.0 Å². The Hall–Kier alpha value is -2.12. The van der Waals surface area contributed by atoms with E-state index in [1.165, 1.54) is 18.2 Å². The number of anilines is 1. The fourth-order valence-electron chi connectivity index (χ4n) is 2.22. The molecule has 0 aliphatic rings. The van der Waals surface area contributed by atoms with E-state index >= 15 is 0 Å². The van der Waals surface area contributed by atoms with Crippen molar-refractivity contribution in [2.75, 3.05) is 23.7 Å². The van der Waals surface area contributed by atoms with Crippen molar-refractivity contribution in [3.8, 4) is 0 Å². The summed E-state index contributed by atoms with van der Waals surface area (Å²) < 4.78 is 37.8. The number of para-hydroxylation sites is 1. The van der Waals surface area contributed by atoms with Gasteiger partial charge in [0.1, 0.15) is 12.4 Å². The molecule has 0 aliphatic carbocycles. The molecular formula is C17H18ClFN2O3S. The molecule has 0 fully saturated rings. The molecule has 134 valence electrons. The van der Waals surface area contributed by atoms with Gasteiger partial charge in [0.2, 0.25) is 15.9 Å². The van der Waals surface area contributed by atoms with Crippen LogP contribution >= 0.6 is 11.6 Å². The standard InChI is InChI=1S/C17H18ClFN2O3S/c1-25(23,24)21(16-5-3-2-4-15(16)18)12-17(22)20-11-10-13-6-8-14(19)9-7-13/h2-9H,10-12H2,1H3,(H,20,22). The third kappa shape index (κ3) is 5.72. The Morgan fingerprint density at radius 3 is 2.40 bits per heavy atom. The Kier molecular flexibility index (Phi) is 6.39. The van der Waals surface area contributed by atoms with Crippen molar-refractivity contribution in [1.29, 1.82) is 0 Å². The van der Waals surface area contributed by atoms with Crippen LogP contribution in [-0.2, 0) is 21.2 Å². The number of carbonyl (C=O) groups excluding carboxylic acids is 1. The molecule has 0 bridgehead atoms. The van der Waals surface area contributed by atoms with E-state index in [-0.39, 0.29) is 23.1 Å². The second-order valence-electron chi connectivity index (χ2n) is 5.45. The van der Waals surface area contributed by atoms with Crippen LogP contribution in [0.4, 0.5) is 10.1 Å². The topological polar surface area (TPSA) is 66.5 Å². The third-order valence-electron chi connectivity index (χ3n) is 3.46. The maximum atomic E-state index is 12.8. The van der Waals surface area contributed by atoms with Gasteiger partial charge in [0.25, 0.3) is 0 Å². The largest absolute Gasteiger partial charge is 0.354 e. The molecule has 1 amide bonds. The first-order valence-corrected chi connectivity index (χ1v) is 9.73. The van der Waals surface area contributed by atoms with Crippen LogP contribution in [0.3, 0.4) is 0 Å². The molecule has 1 N–H and O–H groups in total. The molecule has 2 aromatic carbocycles. The zero-order valence-electron chi connectivity index (χ0n) is 13.6. The summed E-state index contributed by atoms with van der Waals surface area (Å²) in [6.07, 6.45) is 1.53. The first kappa shape index (κ1) is 19.2. The molecule has 0 atom stereocenters. The van der Waals surface area contributed by atoms with Crippen molar-refractivity contribution in [2.45, 2.75) is 6.42 Å². The maximum Gasteiger partial charge on any atom is 0.240 e. The molecule has 8 heteroatoms. The van der Waals surface area contributed by atoms with E-state index < -0.39 is 15.9 Å². The minimum atomic E-state index is -3.67. The lowest BCUT2D eigenvalue weighted by Crippen LogP contribution is -2.41. The second kappa shape index (κ2) is 8.31. The lowest BCUT2D eigenvalue weighted by molar-refractivity contribution is -0.119. The Balaban J connectivity index is 1.98. The molecule has 0 saturated carbocycles. The average Bonchev–Trinajstić information content (AvgIpc) is 2.54. The molecule has 0 saturated heterocycles. The van der Waals surface area contributed by atoms with E-state index in [2.05, 4.69) is 5.32 Å². The number of sulfonamides is 1. The first-order chi connectivity index (χ1) is 11.8. The molecule has 0 aromatic heterocycles. The van der Waals surface area contributed by atoms with Gasteiger partial charge < -0.3 is 5.32 Å². The van der Waals surface area contributed by atoms with Gasteiger partial charge >= 0.3 is 0 Å². The van der Waals surface area contributed by atoms with Crippen molar-refractivity contribution < 1.29 is 17.6 Å². The lowest BCUT2D eigenvalue weighted by Gasteiger charge is -2.22. The molecule has 5 nitrogen and oxygen atoms in total. The smallest absolute Gasteiger partial charge is 0.240 e. The summed E-state index contributed by atoms with van der Waals surface area (Å²) in [6.45, 7) is -0.0590. The number of nitrogens with zero attached hydrogens (tertiary/aromatic N) is 1. The van der Waals surface area contributed by atoms with Gasteiger partial charge in [-0.2, -0.15) is 0 Å². The highest BCUT2D eigenvalue weighted by atomic mass is 35.5. The van der Waals surface area contributed by atoms with Crippen molar-refractivity contribution in [2.24, 2.45) is 0 Å². The SMILES string of the molecule is CS(=O)(=O)N(CC(=O)NCCc1ccc(F)cc1)c1ccccc1Cl. The fraction of sp³-hybridized carbons (Fsp3) is 0.235. The van der Waals surface area contributed by atoms with Crippen molar-refractivity contribution in [3.63, 3.8) is 0 Å². The van der Waals surface area contributed by atoms with Crippen LogP contribution in [0.1, 0.15) is 5.56 Å². The van der Waals surface area contributed by atoms with Crippen molar-refractivity contribution >= 4 is 33.2 Å². The first-order valence-electron chi connectivity index (χ1n) is 7.51. The average molecular weight is 385 g/mol. The second-order valence-corrected chi connectivity index (χ2v) is 7.76. The molecule has 2 aromatic rings. The Morgan fingerprint density at radius 1 is 1.16 bits per heavy atom. The van der Waals surface area contributed by atoms with E-state index in [0.29, 0.717) is 13.0 Å². The van der Waals surface area contributed by atoms with Crippen molar-refractivity contribution in [3.05, 3.63) is 64.9 Å². The maximum absolute atomic E-state index is 12.8. The lowest BCUT2D eigenvalue weighted by atomic mass is 10.1.